The van der Waals surface area contributed by atoms with Crippen LogP contribution in [0.2, 0.25) is 5.15 Å². The van der Waals surface area contributed by atoms with E-state index in [1.165, 1.54) is 6.33 Å². The van der Waals surface area contributed by atoms with Crippen LogP contribution in [0.25, 0.3) is 0 Å². The van der Waals surface area contributed by atoms with Crippen LogP contribution in [0, 0.1) is 0 Å². The summed E-state index contributed by atoms with van der Waals surface area (Å²) in [6, 6.07) is -0.335. The molecule has 0 radical (unpaired) electrons. The Morgan fingerprint density at radius 2 is 2.33 bits per heavy atom. The molecule has 4 N–H and O–H groups in total. The van der Waals surface area contributed by atoms with Crippen molar-refractivity contribution >= 4 is 29.0 Å². The molecule has 1 unspecified atom stereocenters. The maximum atomic E-state index is 11.0. The zero-order chi connectivity index (χ0) is 11.0. The van der Waals surface area contributed by atoms with Crippen molar-refractivity contribution in [3.63, 3.8) is 0 Å². The summed E-state index contributed by atoms with van der Waals surface area (Å²) < 4.78 is 0. The average Bonchev–Trinajstić information content (AvgIpc) is 2.10. The molecule has 6 nitrogen and oxygen atoms in total. The number of nitrogens with two attached hydrogens (primary N) is 2. The van der Waals surface area contributed by atoms with Crippen molar-refractivity contribution in [2.24, 2.45) is 5.73 Å². The van der Waals surface area contributed by atoms with Crippen molar-refractivity contribution in [1.82, 2.24) is 9.97 Å². The first-order chi connectivity index (χ1) is 7.11. The van der Waals surface area contributed by atoms with Gasteiger partial charge in [-0.2, -0.15) is 0 Å². The summed E-state index contributed by atoms with van der Waals surface area (Å²) in [6.07, 6.45) is 2.03. The van der Waals surface area contributed by atoms with Crippen molar-refractivity contribution in [3.05, 3.63) is 11.5 Å². The lowest BCUT2D eigenvalue weighted by molar-refractivity contribution is -0.120. The molecule has 1 aromatic rings. The molecule has 0 spiro atoms. The molecule has 1 fully saturated rings. The highest BCUT2D eigenvalue weighted by atomic mass is 35.5. The van der Waals surface area contributed by atoms with Crippen LogP contribution in [0.3, 0.4) is 0 Å². The van der Waals surface area contributed by atoms with Crippen LogP contribution in [-0.4, -0.2) is 28.5 Å². The largest absolute Gasteiger partial charge is 0.393 e. The molecule has 0 aliphatic carbocycles. The van der Waals surface area contributed by atoms with E-state index < -0.39 is 0 Å². The van der Waals surface area contributed by atoms with Crippen LogP contribution in [-0.2, 0) is 4.79 Å². The average molecular weight is 228 g/mol. The van der Waals surface area contributed by atoms with E-state index in [1.807, 2.05) is 0 Å². The van der Waals surface area contributed by atoms with E-state index >= 15 is 0 Å². The molecule has 1 aromatic heterocycles. The summed E-state index contributed by atoms with van der Waals surface area (Å²) >= 11 is 5.75. The summed E-state index contributed by atoms with van der Waals surface area (Å²) in [6.45, 7) is 0.700. The number of primary amides is 1. The Kier molecular flexibility index (Phi) is 2.36. The number of hydrogen-bond donors (Lipinski definition) is 2. The van der Waals surface area contributed by atoms with Crippen molar-refractivity contribution < 1.29 is 4.79 Å². The Balaban J connectivity index is 2.31. The number of carbonyl (C=O) groups excluding carboxylic acids is 1. The van der Waals surface area contributed by atoms with E-state index in [1.54, 1.807) is 4.90 Å². The van der Waals surface area contributed by atoms with Gasteiger partial charge in [0.25, 0.3) is 0 Å². The number of hydrogen-bond acceptors (Lipinski definition) is 5. The second kappa shape index (κ2) is 3.54. The van der Waals surface area contributed by atoms with Gasteiger partial charge in [-0.15, -0.1) is 0 Å². The SMILES string of the molecule is NC(=O)C1CCN1c1ncnc(Cl)c1N. The number of nitrogen functional groups attached to an aromatic ring is 1. The zero-order valence-corrected chi connectivity index (χ0v) is 8.61. The highest BCUT2D eigenvalue weighted by molar-refractivity contribution is 6.32. The number of halogens is 1. The molecular formula is C8H10ClN5O. The highest BCUT2D eigenvalue weighted by Crippen LogP contribution is 2.31. The van der Waals surface area contributed by atoms with Crippen molar-refractivity contribution in [3.8, 4) is 0 Å². The summed E-state index contributed by atoms with van der Waals surface area (Å²) in [5, 5.41) is 0.190. The first kappa shape index (κ1) is 9.97. The zero-order valence-electron chi connectivity index (χ0n) is 7.85. The lowest BCUT2D eigenvalue weighted by atomic mass is 10.0. The molecule has 1 amide bonds. The van der Waals surface area contributed by atoms with Gasteiger partial charge in [0.2, 0.25) is 5.91 Å². The van der Waals surface area contributed by atoms with Crippen molar-refractivity contribution in [1.29, 1.82) is 0 Å². The molecule has 1 aliphatic heterocycles. The van der Waals surface area contributed by atoms with Crippen LogP contribution < -0.4 is 16.4 Å². The second-order valence-electron chi connectivity index (χ2n) is 3.30. The van der Waals surface area contributed by atoms with Gasteiger partial charge in [0.15, 0.2) is 11.0 Å². The molecule has 2 heterocycles. The van der Waals surface area contributed by atoms with Crippen LogP contribution in [0.4, 0.5) is 11.5 Å². The molecule has 0 bridgehead atoms. The maximum absolute atomic E-state index is 11.0. The third kappa shape index (κ3) is 1.56. The fraction of sp³-hybridized carbons (Fsp3) is 0.375. The normalized spacial score (nSPS) is 19.8. The van der Waals surface area contributed by atoms with Gasteiger partial charge in [-0.1, -0.05) is 11.6 Å². The predicted octanol–water partition coefficient (Wildman–Crippen LogP) is -0.224. The fourth-order valence-corrected chi connectivity index (χ4v) is 1.66. The van der Waals surface area contributed by atoms with E-state index in [0.717, 1.165) is 6.42 Å². The van der Waals surface area contributed by atoms with E-state index in [4.69, 9.17) is 23.1 Å². The Bertz CT molecular complexity index is 410. The number of rotatable bonds is 2. The summed E-state index contributed by atoms with van der Waals surface area (Å²) in [5.74, 6) is 0.0976. The molecule has 80 valence electrons. The third-order valence-electron chi connectivity index (χ3n) is 2.43. The van der Waals surface area contributed by atoms with E-state index in [2.05, 4.69) is 9.97 Å². The topological polar surface area (TPSA) is 98.1 Å². The minimum absolute atomic E-state index is 0.190. The van der Waals surface area contributed by atoms with Gasteiger partial charge in [-0.3, -0.25) is 4.79 Å². The van der Waals surface area contributed by atoms with Gasteiger partial charge in [0.05, 0.1) is 0 Å². The molecular weight excluding hydrogens is 218 g/mol. The lowest BCUT2D eigenvalue weighted by Crippen LogP contribution is -2.55. The van der Waals surface area contributed by atoms with Gasteiger partial charge in [0.1, 0.15) is 18.1 Å². The minimum Gasteiger partial charge on any atom is -0.393 e. The van der Waals surface area contributed by atoms with Crippen molar-refractivity contribution in [2.75, 3.05) is 17.2 Å². The lowest BCUT2D eigenvalue weighted by Gasteiger charge is -2.40. The molecule has 0 saturated carbocycles. The van der Waals surface area contributed by atoms with E-state index in [-0.39, 0.29) is 22.8 Å². The molecule has 2 rings (SSSR count). The summed E-state index contributed by atoms with van der Waals surface area (Å²) in [5.41, 5.74) is 11.2. The van der Waals surface area contributed by atoms with Gasteiger partial charge in [0, 0.05) is 6.54 Å². The monoisotopic (exact) mass is 227 g/mol. The second-order valence-corrected chi connectivity index (χ2v) is 3.66. The fourth-order valence-electron chi connectivity index (χ4n) is 1.53. The maximum Gasteiger partial charge on any atom is 0.240 e. The number of anilines is 2. The Labute approximate surface area is 91.2 Å². The Hall–Kier alpha value is -1.56. The summed E-state index contributed by atoms with van der Waals surface area (Å²) in [7, 11) is 0. The molecule has 1 atom stereocenters. The quantitative estimate of drug-likeness (QED) is 0.681. The number of carbonyl (C=O) groups is 1. The molecule has 7 heteroatoms. The van der Waals surface area contributed by atoms with Gasteiger partial charge in [-0.25, -0.2) is 9.97 Å². The molecule has 1 aliphatic rings. The molecule has 1 saturated heterocycles. The van der Waals surface area contributed by atoms with Crippen molar-refractivity contribution in [2.45, 2.75) is 12.5 Å². The highest BCUT2D eigenvalue weighted by Gasteiger charge is 2.34. The predicted molar refractivity (Wildman–Crippen MR) is 56.4 cm³/mol. The van der Waals surface area contributed by atoms with Gasteiger partial charge in [-0.05, 0) is 6.42 Å². The number of amides is 1. The van der Waals surface area contributed by atoms with Crippen LogP contribution >= 0.6 is 11.6 Å². The van der Waals surface area contributed by atoms with Crippen LogP contribution in [0.15, 0.2) is 6.33 Å². The molecule has 0 aromatic carbocycles. The van der Waals surface area contributed by atoms with Crippen LogP contribution in [0.5, 0.6) is 0 Å². The smallest absolute Gasteiger partial charge is 0.240 e. The summed E-state index contributed by atoms with van der Waals surface area (Å²) in [4.78, 5) is 20.5. The van der Waals surface area contributed by atoms with Crippen LogP contribution in [0.1, 0.15) is 6.42 Å². The minimum atomic E-state index is -0.379. The Morgan fingerprint density at radius 3 is 2.87 bits per heavy atom. The first-order valence-corrected chi connectivity index (χ1v) is 4.81. The van der Waals surface area contributed by atoms with E-state index in [0.29, 0.717) is 12.4 Å². The van der Waals surface area contributed by atoms with E-state index in [9.17, 15) is 4.79 Å². The molecule has 15 heavy (non-hydrogen) atoms. The third-order valence-corrected chi connectivity index (χ3v) is 2.74. The Morgan fingerprint density at radius 1 is 1.60 bits per heavy atom. The number of aromatic nitrogens is 2. The standard InChI is InChI=1S/C8H10ClN5O/c9-6-5(10)8(13-3-12-6)14-2-1-4(14)7(11)15/h3-4H,1-2,10H2,(H2,11,15). The first-order valence-electron chi connectivity index (χ1n) is 4.43. The number of nitrogens with zero attached hydrogens (tertiary/aromatic N) is 3. The van der Waals surface area contributed by atoms with Gasteiger partial charge < -0.3 is 16.4 Å². The van der Waals surface area contributed by atoms with Gasteiger partial charge >= 0.3 is 0 Å².